The summed E-state index contributed by atoms with van der Waals surface area (Å²) in [6.07, 6.45) is 1.65. The molecule has 6 nitrogen and oxygen atoms in total. The fourth-order valence-electron chi connectivity index (χ4n) is 3.33. The molecule has 1 aliphatic rings. The maximum absolute atomic E-state index is 14.5. The molecule has 0 saturated carbocycles. The fourth-order valence-corrected chi connectivity index (χ4v) is 4.30. The zero-order valence-electron chi connectivity index (χ0n) is 15.9. The Kier molecular flexibility index (Phi) is 5.55. The van der Waals surface area contributed by atoms with Crippen molar-refractivity contribution in [3.05, 3.63) is 53.8 Å². The zero-order valence-corrected chi connectivity index (χ0v) is 16.7. The number of amides is 2. The summed E-state index contributed by atoms with van der Waals surface area (Å²) in [6, 6.07) is 11.6. The summed E-state index contributed by atoms with van der Waals surface area (Å²) in [4.78, 5) is 30.8. The van der Waals surface area contributed by atoms with Gasteiger partial charge in [0.05, 0.1) is 28.4 Å². The molecule has 1 atom stereocenters. The number of carbonyl (C=O) groups excluding carboxylic acids is 2. The number of nitrogens with zero attached hydrogens (tertiary/aromatic N) is 2. The van der Waals surface area contributed by atoms with E-state index >= 15 is 0 Å². The van der Waals surface area contributed by atoms with Crippen LogP contribution in [0.4, 0.5) is 15.2 Å². The minimum absolute atomic E-state index is 0.117. The highest BCUT2D eigenvalue weighted by atomic mass is 32.1. The second-order valence-corrected chi connectivity index (χ2v) is 7.90. The third-order valence-corrected chi connectivity index (χ3v) is 5.75. The van der Waals surface area contributed by atoms with Gasteiger partial charge in [-0.25, -0.2) is 9.37 Å². The number of hydrogen-bond acceptors (Lipinski definition) is 5. The Balaban J connectivity index is 1.72. The minimum atomic E-state index is -0.650. The highest BCUT2D eigenvalue weighted by molar-refractivity contribution is 7.22. The molecule has 29 heavy (non-hydrogen) atoms. The quantitative estimate of drug-likeness (QED) is 0.680. The first kappa shape index (κ1) is 19.5. The molecule has 0 bridgehead atoms. The van der Waals surface area contributed by atoms with Crippen LogP contribution < -0.4 is 10.2 Å². The van der Waals surface area contributed by atoms with Crippen molar-refractivity contribution < 1.29 is 18.7 Å². The van der Waals surface area contributed by atoms with Crippen LogP contribution in [-0.4, -0.2) is 36.1 Å². The van der Waals surface area contributed by atoms with Crippen LogP contribution in [0, 0.1) is 5.82 Å². The number of benzene rings is 2. The van der Waals surface area contributed by atoms with E-state index in [2.05, 4.69) is 10.3 Å². The first-order chi connectivity index (χ1) is 14.0. The van der Waals surface area contributed by atoms with Crippen LogP contribution in [0.25, 0.3) is 10.2 Å². The van der Waals surface area contributed by atoms with Crippen molar-refractivity contribution in [1.82, 2.24) is 4.98 Å². The Morgan fingerprint density at radius 2 is 2.14 bits per heavy atom. The van der Waals surface area contributed by atoms with Gasteiger partial charge in [-0.15, -0.1) is 0 Å². The molecule has 1 unspecified atom stereocenters. The van der Waals surface area contributed by atoms with Gasteiger partial charge in [0.25, 0.3) is 5.91 Å². The van der Waals surface area contributed by atoms with Gasteiger partial charge in [-0.3, -0.25) is 14.5 Å². The van der Waals surface area contributed by atoms with E-state index in [9.17, 15) is 14.0 Å². The molecule has 1 aromatic heterocycles. The van der Waals surface area contributed by atoms with Crippen LogP contribution in [-0.2, 0) is 9.53 Å². The molecular weight excluding hydrogens is 393 g/mol. The van der Waals surface area contributed by atoms with Crippen molar-refractivity contribution in [2.75, 3.05) is 23.4 Å². The minimum Gasteiger partial charge on any atom is -0.376 e. The van der Waals surface area contributed by atoms with Gasteiger partial charge in [-0.05, 0) is 43.2 Å². The van der Waals surface area contributed by atoms with E-state index in [0.29, 0.717) is 24.0 Å². The Labute approximate surface area is 171 Å². The summed E-state index contributed by atoms with van der Waals surface area (Å²) in [6.45, 7) is 2.30. The van der Waals surface area contributed by atoms with E-state index in [0.717, 1.165) is 23.1 Å². The maximum atomic E-state index is 14.5. The Morgan fingerprint density at radius 1 is 1.31 bits per heavy atom. The molecular formula is C21H20FN3O3S. The maximum Gasteiger partial charge on any atom is 0.263 e. The average Bonchev–Trinajstić information content (AvgIpc) is 3.36. The van der Waals surface area contributed by atoms with Crippen molar-refractivity contribution >= 4 is 44.2 Å². The van der Waals surface area contributed by atoms with Gasteiger partial charge in [-0.1, -0.05) is 23.5 Å². The zero-order chi connectivity index (χ0) is 20.4. The molecule has 2 aromatic carbocycles. The van der Waals surface area contributed by atoms with Gasteiger partial charge in [0.15, 0.2) is 5.13 Å². The third-order valence-electron chi connectivity index (χ3n) is 4.69. The van der Waals surface area contributed by atoms with E-state index in [4.69, 9.17) is 4.74 Å². The number of thiazole rings is 1. The number of ether oxygens (including phenoxy) is 1. The number of nitrogens with one attached hydrogen (secondary N) is 1. The number of fused-ring (bicyclic) bond motifs is 1. The van der Waals surface area contributed by atoms with Crippen molar-refractivity contribution in [2.24, 2.45) is 0 Å². The molecule has 0 radical (unpaired) electrons. The second kappa shape index (κ2) is 8.26. The fraction of sp³-hybridized carbons (Fsp3) is 0.286. The Hall–Kier alpha value is -2.84. The highest BCUT2D eigenvalue weighted by Gasteiger charge is 2.28. The first-order valence-electron chi connectivity index (χ1n) is 9.37. The lowest BCUT2D eigenvalue weighted by atomic mass is 10.1. The SMILES string of the molecule is CC(=O)Nc1ccc(F)c(C(=O)N(CC2CCCO2)c2nc3ccccc3s2)c1. The van der Waals surface area contributed by atoms with Crippen LogP contribution in [0.15, 0.2) is 42.5 Å². The predicted octanol–water partition coefficient (Wildman–Crippen LogP) is 4.22. The van der Waals surface area contributed by atoms with Crippen molar-refractivity contribution in [2.45, 2.75) is 25.9 Å². The van der Waals surface area contributed by atoms with Crippen molar-refractivity contribution in [3.63, 3.8) is 0 Å². The lowest BCUT2D eigenvalue weighted by molar-refractivity contribution is -0.114. The largest absolute Gasteiger partial charge is 0.376 e. The summed E-state index contributed by atoms with van der Waals surface area (Å²) < 4.78 is 21.2. The lowest BCUT2D eigenvalue weighted by Gasteiger charge is -2.23. The van der Waals surface area contributed by atoms with Crippen LogP contribution in [0.2, 0.25) is 0 Å². The molecule has 150 valence electrons. The number of halogens is 1. The van der Waals surface area contributed by atoms with Crippen LogP contribution in [0.1, 0.15) is 30.1 Å². The predicted molar refractivity (Wildman–Crippen MR) is 111 cm³/mol. The number of anilines is 2. The Morgan fingerprint density at radius 3 is 2.86 bits per heavy atom. The summed E-state index contributed by atoms with van der Waals surface area (Å²) in [7, 11) is 0. The topological polar surface area (TPSA) is 71.5 Å². The smallest absolute Gasteiger partial charge is 0.263 e. The van der Waals surface area contributed by atoms with Gasteiger partial charge in [0, 0.05) is 19.2 Å². The molecule has 3 aromatic rings. The third kappa shape index (κ3) is 4.28. The molecule has 0 spiro atoms. The van der Waals surface area contributed by atoms with E-state index in [1.807, 2.05) is 24.3 Å². The second-order valence-electron chi connectivity index (χ2n) is 6.89. The standard InChI is InChI=1S/C21H20FN3O3S/c1-13(26)23-14-8-9-17(22)16(11-14)20(27)25(12-15-5-4-10-28-15)21-24-18-6-2-3-7-19(18)29-21/h2-3,6-9,11,15H,4-5,10,12H2,1H3,(H,23,26). The van der Waals surface area contributed by atoms with Crippen LogP contribution in [0.3, 0.4) is 0 Å². The van der Waals surface area contributed by atoms with Crippen LogP contribution >= 0.6 is 11.3 Å². The Bertz CT molecular complexity index is 1030. The van der Waals surface area contributed by atoms with Crippen molar-refractivity contribution in [1.29, 1.82) is 0 Å². The highest BCUT2D eigenvalue weighted by Crippen LogP contribution is 2.31. The monoisotopic (exact) mass is 413 g/mol. The molecule has 2 amide bonds. The van der Waals surface area contributed by atoms with E-state index < -0.39 is 11.7 Å². The lowest BCUT2D eigenvalue weighted by Crippen LogP contribution is -2.38. The van der Waals surface area contributed by atoms with Crippen LogP contribution in [0.5, 0.6) is 0 Å². The number of aromatic nitrogens is 1. The van der Waals surface area contributed by atoms with E-state index in [-0.39, 0.29) is 17.6 Å². The normalized spacial score (nSPS) is 16.1. The summed E-state index contributed by atoms with van der Waals surface area (Å²) >= 11 is 1.38. The number of carbonyl (C=O) groups is 2. The van der Waals surface area contributed by atoms with Gasteiger partial charge < -0.3 is 10.1 Å². The molecule has 1 N–H and O–H groups in total. The number of para-hydroxylation sites is 1. The molecule has 1 fully saturated rings. The van der Waals surface area contributed by atoms with Crippen molar-refractivity contribution in [3.8, 4) is 0 Å². The summed E-state index contributed by atoms with van der Waals surface area (Å²) in [5.41, 5.74) is 1.03. The first-order valence-corrected chi connectivity index (χ1v) is 10.2. The van der Waals surface area contributed by atoms with E-state index in [1.54, 1.807) is 0 Å². The van der Waals surface area contributed by atoms with Gasteiger partial charge >= 0.3 is 0 Å². The molecule has 8 heteroatoms. The summed E-state index contributed by atoms with van der Waals surface area (Å²) in [5, 5.41) is 3.08. The average molecular weight is 413 g/mol. The number of rotatable bonds is 5. The summed E-state index contributed by atoms with van der Waals surface area (Å²) in [5.74, 6) is -1.45. The van der Waals surface area contributed by atoms with E-state index in [1.165, 1.54) is 41.4 Å². The molecule has 4 rings (SSSR count). The number of hydrogen-bond donors (Lipinski definition) is 1. The van der Waals surface area contributed by atoms with Gasteiger partial charge in [0.2, 0.25) is 5.91 Å². The molecule has 0 aliphatic carbocycles. The van der Waals surface area contributed by atoms with Gasteiger partial charge in [-0.2, -0.15) is 0 Å². The molecule has 2 heterocycles. The van der Waals surface area contributed by atoms with Gasteiger partial charge in [0.1, 0.15) is 5.82 Å². The molecule has 1 saturated heterocycles. The molecule has 1 aliphatic heterocycles.